The number of hydrogen-bond donors (Lipinski definition) is 0. The fraction of sp³-hybridized carbons (Fsp3) is 0.304. The minimum atomic E-state index is -3.27. The lowest BCUT2D eigenvalue weighted by Crippen LogP contribution is -2.38. The Morgan fingerprint density at radius 3 is 2.59 bits per heavy atom. The Balaban J connectivity index is 1.64. The number of rotatable bonds is 6. The number of hydrogen-bond acceptors (Lipinski definition) is 5. The molecule has 0 spiro atoms. The molecule has 29 heavy (non-hydrogen) atoms. The monoisotopic (exact) mass is 411 g/mol. The number of ether oxygens (including phenoxy) is 2. The van der Waals surface area contributed by atoms with Gasteiger partial charge in [-0.1, -0.05) is 36.4 Å². The Kier molecular flexibility index (Phi) is 5.85. The van der Waals surface area contributed by atoms with E-state index in [1.165, 1.54) is 6.26 Å². The van der Waals surface area contributed by atoms with Crippen LogP contribution in [0.2, 0.25) is 0 Å². The SMILES string of the molecule is CS(=O)(=O)c1cccc(-c2cc(OCCN3CCOCC3)cc3ccccc23)c1. The Morgan fingerprint density at radius 2 is 1.79 bits per heavy atom. The molecular formula is C23H25NO4S. The first-order chi connectivity index (χ1) is 14.0. The third-order valence-electron chi connectivity index (χ3n) is 5.19. The Labute approximate surface area is 171 Å². The molecule has 6 heteroatoms. The van der Waals surface area contributed by atoms with E-state index in [1.807, 2.05) is 36.4 Å². The number of nitrogens with zero attached hydrogens (tertiary/aromatic N) is 1. The zero-order valence-corrected chi connectivity index (χ0v) is 17.3. The van der Waals surface area contributed by atoms with Crippen molar-refractivity contribution in [3.05, 3.63) is 60.7 Å². The van der Waals surface area contributed by atoms with E-state index in [2.05, 4.69) is 11.0 Å². The number of fused-ring (bicyclic) bond motifs is 1. The van der Waals surface area contributed by atoms with E-state index in [-0.39, 0.29) is 0 Å². The lowest BCUT2D eigenvalue weighted by molar-refractivity contribution is 0.0322. The molecule has 0 radical (unpaired) electrons. The maximum Gasteiger partial charge on any atom is 0.175 e. The minimum Gasteiger partial charge on any atom is -0.492 e. The van der Waals surface area contributed by atoms with Crippen molar-refractivity contribution >= 4 is 20.6 Å². The third-order valence-corrected chi connectivity index (χ3v) is 6.30. The molecule has 5 nitrogen and oxygen atoms in total. The zero-order valence-electron chi connectivity index (χ0n) is 16.5. The molecule has 0 unspecified atom stereocenters. The van der Waals surface area contributed by atoms with Crippen molar-refractivity contribution < 1.29 is 17.9 Å². The summed E-state index contributed by atoms with van der Waals surface area (Å²) in [5, 5.41) is 2.13. The number of benzene rings is 3. The second-order valence-corrected chi connectivity index (χ2v) is 9.31. The van der Waals surface area contributed by atoms with Crippen LogP contribution in [0.15, 0.2) is 65.6 Å². The van der Waals surface area contributed by atoms with E-state index in [0.717, 1.165) is 60.5 Å². The van der Waals surface area contributed by atoms with Gasteiger partial charge in [-0.25, -0.2) is 8.42 Å². The summed E-state index contributed by atoms with van der Waals surface area (Å²) in [6.07, 6.45) is 1.23. The first kappa shape index (κ1) is 19.9. The summed E-state index contributed by atoms with van der Waals surface area (Å²) in [7, 11) is -3.27. The summed E-state index contributed by atoms with van der Waals surface area (Å²) in [6.45, 7) is 4.87. The average molecular weight is 412 g/mol. The van der Waals surface area contributed by atoms with Gasteiger partial charge in [-0.2, -0.15) is 0 Å². The second-order valence-electron chi connectivity index (χ2n) is 7.29. The fourth-order valence-corrected chi connectivity index (χ4v) is 4.28. The van der Waals surface area contributed by atoms with Crippen molar-refractivity contribution in [3.8, 4) is 16.9 Å². The molecule has 3 aromatic carbocycles. The normalized spacial score (nSPS) is 15.5. The second kappa shape index (κ2) is 8.53. The van der Waals surface area contributed by atoms with E-state index in [0.29, 0.717) is 11.5 Å². The molecule has 0 aliphatic carbocycles. The summed E-state index contributed by atoms with van der Waals surface area (Å²) < 4.78 is 35.5. The molecule has 0 atom stereocenters. The van der Waals surface area contributed by atoms with Crippen molar-refractivity contribution in [3.63, 3.8) is 0 Å². The molecule has 4 rings (SSSR count). The topological polar surface area (TPSA) is 55.8 Å². The summed E-state index contributed by atoms with van der Waals surface area (Å²) in [4.78, 5) is 2.65. The first-order valence-electron chi connectivity index (χ1n) is 9.77. The Bertz CT molecular complexity index is 1100. The molecular weight excluding hydrogens is 386 g/mol. The molecule has 0 aromatic heterocycles. The predicted molar refractivity (Wildman–Crippen MR) is 115 cm³/mol. The quantitative estimate of drug-likeness (QED) is 0.620. The predicted octanol–water partition coefficient (Wildman–Crippen LogP) is 3.62. The van der Waals surface area contributed by atoms with Gasteiger partial charge in [0.1, 0.15) is 12.4 Å². The molecule has 1 heterocycles. The molecule has 152 valence electrons. The summed E-state index contributed by atoms with van der Waals surface area (Å²) >= 11 is 0. The van der Waals surface area contributed by atoms with Crippen LogP contribution < -0.4 is 4.74 Å². The first-order valence-corrected chi connectivity index (χ1v) is 11.7. The van der Waals surface area contributed by atoms with Crippen LogP contribution in [0.4, 0.5) is 0 Å². The maximum atomic E-state index is 12.0. The lowest BCUT2D eigenvalue weighted by Gasteiger charge is -2.26. The van der Waals surface area contributed by atoms with Crippen LogP contribution in [-0.2, 0) is 14.6 Å². The van der Waals surface area contributed by atoms with Gasteiger partial charge in [0, 0.05) is 25.9 Å². The molecule has 0 saturated carbocycles. The zero-order chi connectivity index (χ0) is 20.3. The largest absolute Gasteiger partial charge is 0.492 e. The molecule has 1 saturated heterocycles. The molecule has 0 N–H and O–H groups in total. The molecule has 0 amide bonds. The van der Waals surface area contributed by atoms with Gasteiger partial charge in [-0.15, -0.1) is 0 Å². The minimum absolute atomic E-state index is 0.317. The average Bonchev–Trinajstić information content (AvgIpc) is 2.73. The number of morpholine rings is 1. The Hall–Kier alpha value is -2.41. The maximum absolute atomic E-state index is 12.0. The summed E-state index contributed by atoms with van der Waals surface area (Å²) in [6, 6.07) is 19.2. The molecule has 1 fully saturated rings. The highest BCUT2D eigenvalue weighted by atomic mass is 32.2. The van der Waals surface area contributed by atoms with Crippen LogP contribution in [0.1, 0.15) is 0 Å². The summed E-state index contributed by atoms with van der Waals surface area (Å²) in [5.41, 5.74) is 1.83. The van der Waals surface area contributed by atoms with Crippen LogP contribution in [0.3, 0.4) is 0 Å². The van der Waals surface area contributed by atoms with Crippen molar-refractivity contribution in [2.24, 2.45) is 0 Å². The smallest absolute Gasteiger partial charge is 0.175 e. The van der Waals surface area contributed by atoms with Crippen LogP contribution in [0.5, 0.6) is 5.75 Å². The van der Waals surface area contributed by atoms with Gasteiger partial charge in [-0.3, -0.25) is 4.90 Å². The van der Waals surface area contributed by atoms with Gasteiger partial charge in [0.25, 0.3) is 0 Å². The van der Waals surface area contributed by atoms with Gasteiger partial charge in [0.15, 0.2) is 9.84 Å². The third kappa shape index (κ3) is 4.78. The van der Waals surface area contributed by atoms with Crippen molar-refractivity contribution in [2.75, 3.05) is 45.7 Å². The van der Waals surface area contributed by atoms with E-state index in [4.69, 9.17) is 9.47 Å². The fourth-order valence-electron chi connectivity index (χ4n) is 3.62. The van der Waals surface area contributed by atoms with Gasteiger partial charge in [-0.05, 0) is 46.2 Å². The van der Waals surface area contributed by atoms with Crippen LogP contribution in [0, 0.1) is 0 Å². The standard InChI is InChI=1S/C23H25NO4S/c1-29(25,26)21-7-4-6-19(16-21)23-17-20(15-18-5-2-3-8-22(18)23)28-14-11-24-9-12-27-13-10-24/h2-8,15-17H,9-14H2,1H3. The van der Waals surface area contributed by atoms with Gasteiger partial charge in [0.05, 0.1) is 18.1 Å². The van der Waals surface area contributed by atoms with E-state index in [9.17, 15) is 8.42 Å². The van der Waals surface area contributed by atoms with Gasteiger partial charge >= 0.3 is 0 Å². The highest BCUT2D eigenvalue weighted by Crippen LogP contribution is 2.34. The van der Waals surface area contributed by atoms with Crippen molar-refractivity contribution in [1.29, 1.82) is 0 Å². The van der Waals surface area contributed by atoms with Crippen LogP contribution in [0.25, 0.3) is 21.9 Å². The molecule has 1 aliphatic rings. The van der Waals surface area contributed by atoms with Crippen LogP contribution in [-0.4, -0.2) is 59.0 Å². The summed E-state index contributed by atoms with van der Waals surface area (Å²) in [5.74, 6) is 0.789. The van der Waals surface area contributed by atoms with Crippen LogP contribution >= 0.6 is 0 Å². The molecule has 1 aliphatic heterocycles. The molecule has 3 aromatic rings. The van der Waals surface area contributed by atoms with E-state index in [1.54, 1.807) is 18.2 Å². The van der Waals surface area contributed by atoms with E-state index >= 15 is 0 Å². The highest BCUT2D eigenvalue weighted by molar-refractivity contribution is 7.90. The lowest BCUT2D eigenvalue weighted by atomic mass is 9.98. The van der Waals surface area contributed by atoms with Gasteiger partial charge in [0.2, 0.25) is 0 Å². The van der Waals surface area contributed by atoms with Crippen molar-refractivity contribution in [1.82, 2.24) is 4.90 Å². The highest BCUT2D eigenvalue weighted by Gasteiger charge is 2.13. The van der Waals surface area contributed by atoms with E-state index < -0.39 is 9.84 Å². The van der Waals surface area contributed by atoms with Gasteiger partial charge < -0.3 is 9.47 Å². The van der Waals surface area contributed by atoms with Crippen molar-refractivity contribution in [2.45, 2.75) is 4.90 Å². The molecule has 0 bridgehead atoms. The Morgan fingerprint density at radius 1 is 1.00 bits per heavy atom. The number of sulfone groups is 1.